The second-order valence-electron chi connectivity index (χ2n) is 1.43. The predicted octanol–water partition coefficient (Wildman–Crippen LogP) is -3.17. The summed E-state index contributed by atoms with van der Waals surface area (Å²) in [5.41, 5.74) is 0. The molecule has 0 spiro atoms. The maximum absolute atomic E-state index is 4.59. The first-order valence-electron chi connectivity index (χ1n) is 2.52. The molecule has 7 heteroatoms. The van der Waals surface area contributed by atoms with Gasteiger partial charge in [-0.25, -0.2) is 0 Å². The van der Waals surface area contributed by atoms with Crippen LogP contribution in [0, 0.1) is 0 Å². The Morgan fingerprint density at radius 1 is 1.00 bits per heavy atom. The summed E-state index contributed by atoms with van der Waals surface area (Å²) in [6.07, 6.45) is 0. The zero-order valence-corrected chi connectivity index (χ0v) is 11.3. The van der Waals surface area contributed by atoms with E-state index >= 15 is 0 Å². The molecule has 0 saturated carbocycles. The molecule has 0 heterocycles. The number of hydrogen-bond acceptors (Lipinski definition) is 4. The Bertz CT molecular complexity index is 124. The van der Waals surface area contributed by atoms with Gasteiger partial charge in [-0.1, -0.05) is 8.64 Å². The average Bonchev–Trinajstić information content (AvgIpc) is 1.79. The van der Waals surface area contributed by atoms with Gasteiger partial charge in [0, 0.05) is 13.1 Å². The van der Waals surface area contributed by atoms with Crippen LogP contribution in [0.5, 0.6) is 0 Å². The fourth-order valence-electron chi connectivity index (χ4n) is 0.329. The van der Waals surface area contributed by atoms with E-state index in [-0.39, 0.29) is 29.6 Å². The van der Waals surface area contributed by atoms with Gasteiger partial charge in [-0.15, -0.1) is 0 Å². The summed E-state index contributed by atoms with van der Waals surface area (Å²) >= 11 is 18.4. The molecule has 0 rings (SSSR count). The van der Waals surface area contributed by atoms with Gasteiger partial charge < -0.3 is 60.3 Å². The van der Waals surface area contributed by atoms with E-state index in [1.807, 2.05) is 0 Å². The average molecular weight is 233 g/mol. The van der Waals surface area contributed by atoms with Crippen LogP contribution in [0.1, 0.15) is 0 Å². The number of rotatable bonds is 3. The molecule has 11 heavy (non-hydrogen) atoms. The van der Waals surface area contributed by atoms with Crippen LogP contribution in [-0.4, -0.2) is 21.7 Å². The van der Waals surface area contributed by atoms with Crippen molar-refractivity contribution in [3.8, 4) is 0 Å². The van der Waals surface area contributed by atoms with E-state index in [1.54, 1.807) is 0 Å². The fraction of sp³-hybridized carbons (Fsp3) is 0.500. The van der Waals surface area contributed by atoms with Crippen LogP contribution >= 0.6 is 24.4 Å². The van der Waals surface area contributed by atoms with Gasteiger partial charge in [0.05, 0.1) is 0 Å². The van der Waals surface area contributed by atoms with Crippen molar-refractivity contribution in [1.82, 2.24) is 10.6 Å². The molecule has 58 valence electrons. The topological polar surface area (TPSA) is 24.1 Å². The van der Waals surface area contributed by atoms with Crippen LogP contribution in [0.15, 0.2) is 0 Å². The van der Waals surface area contributed by atoms with Crippen molar-refractivity contribution in [2.45, 2.75) is 0 Å². The van der Waals surface area contributed by atoms with Crippen LogP contribution in [-0.2, 0) is 25.3 Å². The number of hydrogen-bond donors (Lipinski definition) is 2. The minimum Gasteiger partial charge on any atom is -0.412 e. The molecular formula is C4H6N2NaS4-. The summed E-state index contributed by atoms with van der Waals surface area (Å²) < 4.78 is 0.745. The molecule has 0 aliphatic heterocycles. The van der Waals surface area contributed by atoms with Gasteiger partial charge in [0.15, 0.2) is 0 Å². The molecule has 0 unspecified atom stereocenters. The molecule has 0 aliphatic carbocycles. The van der Waals surface area contributed by atoms with Crippen LogP contribution in [0.25, 0.3) is 0 Å². The first-order chi connectivity index (χ1) is 4.63. The molecule has 0 atom stereocenters. The number of nitrogens with one attached hydrogen (secondary N) is 2. The molecule has 0 aromatic heterocycles. The minimum absolute atomic E-state index is 0. The second-order valence-corrected chi connectivity index (χ2v) is 3.58. The largest absolute Gasteiger partial charge is 1.00 e. The summed E-state index contributed by atoms with van der Waals surface area (Å²) in [5, 5.41) is 5.56. The summed E-state index contributed by atoms with van der Waals surface area (Å²) in [7, 11) is 0. The Morgan fingerprint density at radius 2 is 1.27 bits per heavy atom. The van der Waals surface area contributed by atoms with Crippen molar-refractivity contribution >= 4 is 58.3 Å². The molecule has 0 aromatic rings. The van der Waals surface area contributed by atoms with Crippen molar-refractivity contribution in [1.29, 1.82) is 0 Å². The predicted molar refractivity (Wildman–Crippen MR) is 55.9 cm³/mol. The third kappa shape index (κ3) is 14.1. The third-order valence-corrected chi connectivity index (χ3v) is 1.24. The Kier molecular flexibility index (Phi) is 12.5. The molecular weight excluding hydrogens is 227 g/mol. The van der Waals surface area contributed by atoms with E-state index < -0.39 is 0 Å². The van der Waals surface area contributed by atoms with Gasteiger partial charge in [0.2, 0.25) is 0 Å². The zero-order valence-electron chi connectivity index (χ0n) is 6.05. The van der Waals surface area contributed by atoms with Crippen molar-refractivity contribution < 1.29 is 29.6 Å². The molecule has 0 fully saturated rings. The van der Waals surface area contributed by atoms with Gasteiger partial charge in [0.25, 0.3) is 0 Å². The minimum atomic E-state index is 0. The van der Waals surface area contributed by atoms with Crippen molar-refractivity contribution in [2.24, 2.45) is 0 Å². The van der Waals surface area contributed by atoms with Gasteiger partial charge >= 0.3 is 29.6 Å². The maximum Gasteiger partial charge on any atom is 1.00 e. The quantitative estimate of drug-likeness (QED) is 0.231. The van der Waals surface area contributed by atoms with Crippen molar-refractivity contribution in [2.75, 3.05) is 13.1 Å². The number of thiocarbonyl (C=S) groups is 2. The Hall–Kier alpha value is 1.22. The zero-order chi connectivity index (χ0) is 7.98. The third-order valence-electron chi connectivity index (χ3n) is 0.664. The molecule has 0 aromatic carbocycles. The van der Waals surface area contributed by atoms with Crippen molar-refractivity contribution in [3.05, 3.63) is 0 Å². The van der Waals surface area contributed by atoms with Crippen LogP contribution in [0.4, 0.5) is 0 Å². The van der Waals surface area contributed by atoms with Gasteiger partial charge in [0.1, 0.15) is 0 Å². The maximum atomic E-state index is 4.59. The van der Waals surface area contributed by atoms with E-state index in [4.69, 9.17) is 0 Å². The first kappa shape index (κ1) is 14.7. The fourth-order valence-corrected chi connectivity index (χ4v) is 0.737. The molecule has 0 radical (unpaired) electrons. The summed E-state index contributed by atoms with van der Waals surface area (Å²) in [6, 6.07) is 0. The SMILES string of the molecule is S=C([S-])NCCNC(=S)[S-].[Na+]. The summed E-state index contributed by atoms with van der Waals surface area (Å²) in [4.78, 5) is 0. The molecule has 0 saturated heterocycles. The van der Waals surface area contributed by atoms with E-state index in [0.29, 0.717) is 21.7 Å². The summed E-state index contributed by atoms with van der Waals surface area (Å²) in [5.74, 6) is 0. The molecule has 0 amide bonds. The van der Waals surface area contributed by atoms with Crippen molar-refractivity contribution in [3.63, 3.8) is 0 Å². The first-order valence-corrected chi connectivity index (χ1v) is 4.16. The normalized spacial score (nSPS) is 7.64. The summed E-state index contributed by atoms with van der Waals surface area (Å²) in [6.45, 7) is 1.33. The molecule has 0 aliphatic rings. The van der Waals surface area contributed by atoms with E-state index in [0.717, 1.165) is 0 Å². The van der Waals surface area contributed by atoms with Crippen LogP contribution in [0.3, 0.4) is 0 Å². The molecule has 0 bridgehead atoms. The van der Waals surface area contributed by atoms with Gasteiger partial charge in [-0.05, 0) is 0 Å². The van der Waals surface area contributed by atoms with E-state index in [9.17, 15) is 0 Å². The van der Waals surface area contributed by atoms with Gasteiger partial charge in [-0.2, -0.15) is 0 Å². The van der Waals surface area contributed by atoms with Gasteiger partial charge in [-0.3, -0.25) is 0 Å². The van der Waals surface area contributed by atoms with Crippen LogP contribution < -0.4 is 40.2 Å². The van der Waals surface area contributed by atoms with E-state index in [1.165, 1.54) is 0 Å². The van der Waals surface area contributed by atoms with Crippen LogP contribution in [0.2, 0.25) is 0 Å². The molecule has 2 N–H and O–H groups in total. The monoisotopic (exact) mass is 233 g/mol. The Balaban J connectivity index is 0. The Labute approximate surface area is 110 Å². The smallest absolute Gasteiger partial charge is 0.412 e. The standard InChI is InChI=1S/C4H8N2S4.Na/c7-3(8)5-1-2-6-4(9)10;/h1-2H2,(H2,5,7,8)(H2,6,9,10);/q;+1/p-2. The Morgan fingerprint density at radius 3 is 1.45 bits per heavy atom. The molecule has 2 nitrogen and oxygen atoms in total. The van der Waals surface area contributed by atoms with E-state index in [2.05, 4.69) is 60.3 Å². The second kappa shape index (κ2) is 9.31.